The van der Waals surface area contributed by atoms with Crippen molar-refractivity contribution in [2.45, 2.75) is 88.4 Å². The van der Waals surface area contributed by atoms with Crippen LogP contribution in [0.4, 0.5) is 0 Å². The second kappa shape index (κ2) is 21.1. The van der Waals surface area contributed by atoms with Crippen molar-refractivity contribution in [3.8, 4) is 0 Å². The van der Waals surface area contributed by atoms with Gasteiger partial charge in [-0.1, -0.05) is 26.7 Å². The molecule has 0 aromatic carbocycles. The van der Waals surface area contributed by atoms with E-state index in [4.69, 9.17) is 20.4 Å². The van der Waals surface area contributed by atoms with Gasteiger partial charge in [0.1, 0.15) is 36.6 Å². The highest BCUT2D eigenvalue weighted by molar-refractivity contribution is 4.82. The van der Waals surface area contributed by atoms with Crippen molar-refractivity contribution in [1.82, 2.24) is 10.6 Å². The Morgan fingerprint density at radius 3 is 1.03 bits per heavy atom. The molecular weight excluding hydrogens is 428 g/mol. The number of hydrogen-bond acceptors (Lipinski definition) is 12. The van der Waals surface area contributed by atoms with Crippen LogP contribution in [0.25, 0.3) is 0 Å². The van der Waals surface area contributed by atoms with Crippen LogP contribution in [0.3, 0.4) is 0 Å². The van der Waals surface area contributed by atoms with Crippen molar-refractivity contribution in [3.05, 3.63) is 0 Å². The molecule has 12 nitrogen and oxygen atoms in total. The summed E-state index contributed by atoms with van der Waals surface area (Å²) >= 11 is 0. The fourth-order valence-corrected chi connectivity index (χ4v) is 2.47. The molecule has 0 saturated heterocycles. The van der Waals surface area contributed by atoms with E-state index in [1.54, 1.807) is 0 Å². The minimum absolute atomic E-state index is 0.135. The van der Waals surface area contributed by atoms with Gasteiger partial charge in [0.05, 0.1) is 25.4 Å². The van der Waals surface area contributed by atoms with Crippen LogP contribution in [-0.4, -0.2) is 139 Å². The summed E-state index contributed by atoms with van der Waals surface area (Å²) in [7, 11) is 0. The van der Waals surface area contributed by atoms with E-state index in [0.29, 0.717) is 0 Å². The van der Waals surface area contributed by atoms with E-state index < -0.39 is 62.0 Å². The average Bonchev–Trinajstić information content (AvgIpc) is 2.81. The summed E-state index contributed by atoms with van der Waals surface area (Å²) < 4.78 is 0. The molecule has 196 valence electrons. The maximum Gasteiger partial charge on any atom is 0.111 e. The standard InChI is InChI=1S/2C10H23NO5/c2*1-2-3-4-11-5-7(13)9(15)10(16)8(14)6-12/h2*7-16H,2-6H2,1H3/t7-,8+,9+,10+;/m0./s1. The lowest BCUT2D eigenvalue weighted by Gasteiger charge is -2.25. The second-order valence-electron chi connectivity index (χ2n) is 7.71. The summed E-state index contributed by atoms with van der Waals surface area (Å²) in [5, 5.41) is 97.5. The molecule has 0 aliphatic rings. The fraction of sp³-hybridized carbons (Fsp3) is 1.00. The zero-order valence-corrected chi connectivity index (χ0v) is 19.2. The Labute approximate surface area is 190 Å². The van der Waals surface area contributed by atoms with E-state index >= 15 is 0 Å². The summed E-state index contributed by atoms with van der Waals surface area (Å²) in [6, 6.07) is 0. The first-order valence-electron chi connectivity index (χ1n) is 11.2. The zero-order valence-electron chi connectivity index (χ0n) is 19.2. The number of aliphatic hydroxyl groups is 10. The van der Waals surface area contributed by atoms with Crippen LogP contribution >= 0.6 is 0 Å². The molecule has 0 spiro atoms. The van der Waals surface area contributed by atoms with Crippen LogP contribution in [0.2, 0.25) is 0 Å². The number of rotatable bonds is 18. The summed E-state index contributed by atoms with van der Waals surface area (Å²) in [5.74, 6) is 0. The largest absolute Gasteiger partial charge is 0.394 e. The molecule has 0 amide bonds. The molecule has 0 aromatic rings. The molecule has 0 saturated carbocycles. The Bertz CT molecular complexity index is 375. The van der Waals surface area contributed by atoms with E-state index in [0.717, 1.165) is 38.8 Å². The SMILES string of the molecule is CCCCNCC(O)C(O)C(O)C(O)CO.CCCCNC[C@H](O)[C@@H](O)[C@H](O)[C@H](O)CO. The zero-order chi connectivity index (χ0) is 25.1. The smallest absolute Gasteiger partial charge is 0.111 e. The lowest BCUT2D eigenvalue weighted by molar-refractivity contribution is -0.113. The Hall–Kier alpha value is -0.480. The highest BCUT2D eigenvalue weighted by atomic mass is 16.4. The molecular formula is C20H46N2O10. The third-order valence-electron chi connectivity index (χ3n) is 4.77. The van der Waals surface area contributed by atoms with Crippen LogP contribution in [0.5, 0.6) is 0 Å². The quantitative estimate of drug-likeness (QED) is 0.0846. The predicted octanol–water partition coefficient (Wildman–Crippen LogP) is -4.38. The molecule has 0 radical (unpaired) electrons. The Morgan fingerprint density at radius 2 is 0.781 bits per heavy atom. The van der Waals surface area contributed by atoms with Crippen molar-refractivity contribution < 1.29 is 51.1 Å². The van der Waals surface area contributed by atoms with Gasteiger partial charge in [-0.15, -0.1) is 0 Å². The third kappa shape index (κ3) is 15.4. The summed E-state index contributed by atoms with van der Waals surface area (Å²) in [6.45, 7) is 4.47. The molecule has 8 atom stereocenters. The fourth-order valence-electron chi connectivity index (χ4n) is 2.47. The van der Waals surface area contributed by atoms with Crippen molar-refractivity contribution in [1.29, 1.82) is 0 Å². The van der Waals surface area contributed by atoms with Gasteiger partial charge in [0, 0.05) is 13.1 Å². The number of aliphatic hydroxyl groups excluding tert-OH is 10. The van der Waals surface area contributed by atoms with Gasteiger partial charge in [-0.2, -0.15) is 0 Å². The minimum Gasteiger partial charge on any atom is -0.394 e. The maximum atomic E-state index is 9.47. The third-order valence-corrected chi connectivity index (χ3v) is 4.77. The molecule has 0 heterocycles. The Morgan fingerprint density at radius 1 is 0.500 bits per heavy atom. The molecule has 4 unspecified atom stereocenters. The van der Waals surface area contributed by atoms with E-state index in [-0.39, 0.29) is 13.1 Å². The average molecular weight is 475 g/mol. The second-order valence-corrected chi connectivity index (χ2v) is 7.71. The first kappa shape index (κ1) is 33.7. The summed E-state index contributed by atoms with van der Waals surface area (Å²) in [4.78, 5) is 0. The van der Waals surface area contributed by atoms with Crippen LogP contribution in [0.15, 0.2) is 0 Å². The monoisotopic (exact) mass is 474 g/mol. The Kier molecular flexibility index (Phi) is 22.2. The first-order valence-corrected chi connectivity index (χ1v) is 11.2. The molecule has 0 aliphatic heterocycles. The van der Waals surface area contributed by atoms with Crippen molar-refractivity contribution in [3.63, 3.8) is 0 Å². The van der Waals surface area contributed by atoms with Crippen LogP contribution in [0, 0.1) is 0 Å². The number of hydrogen-bond donors (Lipinski definition) is 12. The van der Waals surface area contributed by atoms with Crippen LogP contribution in [-0.2, 0) is 0 Å². The molecule has 0 rings (SSSR count). The van der Waals surface area contributed by atoms with Crippen molar-refractivity contribution >= 4 is 0 Å². The van der Waals surface area contributed by atoms with Gasteiger partial charge < -0.3 is 61.7 Å². The lowest BCUT2D eigenvalue weighted by Crippen LogP contribution is -2.49. The minimum atomic E-state index is -1.55. The highest BCUT2D eigenvalue weighted by Gasteiger charge is 2.30. The molecule has 0 aliphatic carbocycles. The van der Waals surface area contributed by atoms with Gasteiger partial charge in [0.15, 0.2) is 0 Å². The van der Waals surface area contributed by atoms with E-state index in [9.17, 15) is 30.6 Å². The van der Waals surface area contributed by atoms with Gasteiger partial charge >= 0.3 is 0 Å². The number of unbranched alkanes of at least 4 members (excludes halogenated alkanes) is 2. The lowest BCUT2D eigenvalue weighted by atomic mass is 10.0. The molecule has 12 N–H and O–H groups in total. The van der Waals surface area contributed by atoms with E-state index in [2.05, 4.69) is 10.6 Å². The predicted molar refractivity (Wildman–Crippen MR) is 118 cm³/mol. The summed E-state index contributed by atoms with van der Waals surface area (Å²) in [5.41, 5.74) is 0. The topological polar surface area (TPSA) is 226 Å². The van der Waals surface area contributed by atoms with Gasteiger partial charge in [-0.05, 0) is 25.9 Å². The number of nitrogens with one attached hydrogen (secondary N) is 2. The summed E-state index contributed by atoms with van der Waals surface area (Å²) in [6.07, 6.45) is -7.31. The normalized spacial score (nSPS) is 19.1. The molecule has 12 heteroatoms. The van der Waals surface area contributed by atoms with Crippen LogP contribution < -0.4 is 10.6 Å². The first-order chi connectivity index (χ1) is 15.1. The van der Waals surface area contributed by atoms with Gasteiger partial charge in [-0.3, -0.25) is 0 Å². The highest BCUT2D eigenvalue weighted by Crippen LogP contribution is 2.05. The van der Waals surface area contributed by atoms with E-state index in [1.807, 2.05) is 13.8 Å². The molecule has 0 aromatic heterocycles. The van der Waals surface area contributed by atoms with Gasteiger partial charge in [0.25, 0.3) is 0 Å². The van der Waals surface area contributed by atoms with Crippen molar-refractivity contribution in [2.24, 2.45) is 0 Å². The van der Waals surface area contributed by atoms with Crippen molar-refractivity contribution in [2.75, 3.05) is 39.4 Å². The van der Waals surface area contributed by atoms with Crippen LogP contribution in [0.1, 0.15) is 39.5 Å². The Balaban J connectivity index is 0. The van der Waals surface area contributed by atoms with Gasteiger partial charge in [-0.25, -0.2) is 0 Å². The van der Waals surface area contributed by atoms with Gasteiger partial charge in [0.2, 0.25) is 0 Å². The van der Waals surface area contributed by atoms with E-state index in [1.165, 1.54) is 0 Å². The molecule has 32 heavy (non-hydrogen) atoms. The molecule has 0 bridgehead atoms. The maximum absolute atomic E-state index is 9.47. The molecule has 0 fully saturated rings.